The molecule has 0 atom stereocenters. The Bertz CT molecular complexity index is 1200. The van der Waals surface area contributed by atoms with Crippen molar-refractivity contribution in [3.05, 3.63) is 101 Å². The standard InChI is InChI=1S/C29H30N2O3S/c1-3-31(29-30-27(21-35-29)25-7-5-4-6-8-25)19-23-9-11-24(12-10-23)20-34-26-16-13-22(14-17-26)15-18-28(32)33-2/h4-14,16-17,21H,3,15,18-20H2,1-2H3. The van der Waals surface area contributed by atoms with Crippen molar-refractivity contribution in [1.82, 2.24) is 4.98 Å². The number of ether oxygens (including phenoxy) is 2. The number of hydrogen-bond acceptors (Lipinski definition) is 6. The van der Waals surface area contributed by atoms with Crippen LogP contribution in [0.3, 0.4) is 0 Å². The van der Waals surface area contributed by atoms with Gasteiger partial charge in [-0.25, -0.2) is 4.98 Å². The highest BCUT2D eigenvalue weighted by atomic mass is 32.1. The van der Waals surface area contributed by atoms with Crippen LogP contribution in [0.15, 0.2) is 84.2 Å². The summed E-state index contributed by atoms with van der Waals surface area (Å²) < 4.78 is 10.6. The van der Waals surface area contributed by atoms with E-state index in [-0.39, 0.29) is 5.97 Å². The summed E-state index contributed by atoms with van der Waals surface area (Å²) >= 11 is 1.68. The van der Waals surface area contributed by atoms with E-state index in [0.717, 1.165) is 46.4 Å². The van der Waals surface area contributed by atoms with Gasteiger partial charge in [0.25, 0.3) is 0 Å². The van der Waals surface area contributed by atoms with Crippen LogP contribution >= 0.6 is 11.3 Å². The number of carbonyl (C=O) groups is 1. The maximum atomic E-state index is 11.3. The number of rotatable bonds is 11. The SMILES string of the molecule is CCN(Cc1ccc(COc2ccc(CCC(=O)OC)cc2)cc1)c1nc(-c2ccccc2)cs1. The first-order valence-corrected chi connectivity index (χ1v) is 12.6. The highest BCUT2D eigenvalue weighted by molar-refractivity contribution is 7.14. The molecule has 0 N–H and O–H groups in total. The number of methoxy groups -OCH3 is 1. The largest absolute Gasteiger partial charge is 0.489 e. The maximum absolute atomic E-state index is 11.3. The number of anilines is 1. The second kappa shape index (κ2) is 12.2. The molecular formula is C29H30N2O3S. The average molecular weight is 487 g/mol. The van der Waals surface area contributed by atoms with E-state index in [9.17, 15) is 4.79 Å². The first-order chi connectivity index (χ1) is 17.1. The van der Waals surface area contributed by atoms with Crippen LogP contribution in [0.2, 0.25) is 0 Å². The van der Waals surface area contributed by atoms with E-state index in [1.807, 2.05) is 42.5 Å². The molecule has 6 heteroatoms. The van der Waals surface area contributed by atoms with E-state index in [0.29, 0.717) is 19.4 Å². The molecule has 0 bridgehead atoms. The van der Waals surface area contributed by atoms with Gasteiger partial charge in [0, 0.05) is 30.5 Å². The summed E-state index contributed by atoms with van der Waals surface area (Å²) in [6.45, 7) is 4.37. The summed E-state index contributed by atoms with van der Waals surface area (Å²) in [5.74, 6) is 0.616. The van der Waals surface area contributed by atoms with Gasteiger partial charge in [0.15, 0.2) is 5.13 Å². The smallest absolute Gasteiger partial charge is 0.305 e. The van der Waals surface area contributed by atoms with E-state index < -0.39 is 0 Å². The monoisotopic (exact) mass is 486 g/mol. The zero-order valence-electron chi connectivity index (χ0n) is 20.1. The van der Waals surface area contributed by atoms with Crippen molar-refractivity contribution in [3.63, 3.8) is 0 Å². The quantitative estimate of drug-likeness (QED) is 0.226. The van der Waals surface area contributed by atoms with Crippen molar-refractivity contribution in [2.45, 2.75) is 32.9 Å². The molecule has 4 rings (SSSR count). The number of aryl methyl sites for hydroxylation is 1. The lowest BCUT2D eigenvalue weighted by molar-refractivity contribution is -0.140. The molecule has 0 saturated heterocycles. The molecule has 0 unspecified atom stereocenters. The number of thiazole rings is 1. The Labute approximate surface area is 211 Å². The third-order valence-electron chi connectivity index (χ3n) is 5.78. The van der Waals surface area contributed by atoms with Gasteiger partial charge in [-0.05, 0) is 42.2 Å². The maximum Gasteiger partial charge on any atom is 0.305 e. The topological polar surface area (TPSA) is 51.7 Å². The van der Waals surface area contributed by atoms with Gasteiger partial charge in [-0.3, -0.25) is 4.79 Å². The Morgan fingerprint density at radius 2 is 1.60 bits per heavy atom. The minimum Gasteiger partial charge on any atom is -0.489 e. The predicted octanol–water partition coefficient (Wildman–Crippen LogP) is 6.52. The molecule has 0 aliphatic carbocycles. The lowest BCUT2D eigenvalue weighted by atomic mass is 10.1. The first-order valence-electron chi connectivity index (χ1n) is 11.8. The molecule has 0 aliphatic heterocycles. The van der Waals surface area contributed by atoms with Crippen LogP contribution in [-0.2, 0) is 29.1 Å². The fraction of sp³-hybridized carbons (Fsp3) is 0.241. The van der Waals surface area contributed by atoms with Crippen molar-refractivity contribution in [1.29, 1.82) is 0 Å². The fourth-order valence-corrected chi connectivity index (χ4v) is 4.59. The number of nitrogens with zero attached hydrogens (tertiary/aromatic N) is 2. The van der Waals surface area contributed by atoms with E-state index in [2.05, 4.69) is 53.6 Å². The minimum atomic E-state index is -0.195. The fourth-order valence-electron chi connectivity index (χ4n) is 3.69. The van der Waals surface area contributed by atoms with Gasteiger partial charge in [-0.1, -0.05) is 66.7 Å². The molecule has 0 saturated carbocycles. The highest BCUT2D eigenvalue weighted by Gasteiger charge is 2.11. The van der Waals surface area contributed by atoms with Crippen LogP contribution in [0, 0.1) is 0 Å². The zero-order chi connectivity index (χ0) is 24.5. The van der Waals surface area contributed by atoms with E-state index in [1.54, 1.807) is 11.3 Å². The number of benzene rings is 3. The molecule has 35 heavy (non-hydrogen) atoms. The first kappa shape index (κ1) is 24.5. The molecule has 3 aromatic carbocycles. The molecule has 0 radical (unpaired) electrons. The van der Waals surface area contributed by atoms with Crippen LogP contribution in [0.4, 0.5) is 5.13 Å². The number of aromatic nitrogens is 1. The highest BCUT2D eigenvalue weighted by Crippen LogP contribution is 2.28. The van der Waals surface area contributed by atoms with Crippen LogP contribution in [0.5, 0.6) is 5.75 Å². The molecule has 0 aliphatic rings. The summed E-state index contributed by atoms with van der Waals surface area (Å²) in [5, 5.41) is 3.16. The Hall–Kier alpha value is -3.64. The summed E-state index contributed by atoms with van der Waals surface area (Å²) in [4.78, 5) is 18.4. The van der Waals surface area contributed by atoms with Crippen molar-refractivity contribution < 1.29 is 14.3 Å². The van der Waals surface area contributed by atoms with E-state index in [1.165, 1.54) is 12.7 Å². The van der Waals surface area contributed by atoms with Gasteiger partial charge in [0.2, 0.25) is 0 Å². The third kappa shape index (κ3) is 6.93. The predicted molar refractivity (Wildman–Crippen MR) is 142 cm³/mol. The Morgan fingerprint density at radius 1 is 0.914 bits per heavy atom. The Kier molecular flexibility index (Phi) is 8.52. The molecule has 4 aromatic rings. The van der Waals surface area contributed by atoms with Gasteiger partial charge < -0.3 is 14.4 Å². The van der Waals surface area contributed by atoms with Gasteiger partial charge in [-0.2, -0.15) is 0 Å². The average Bonchev–Trinajstić information content (AvgIpc) is 3.41. The minimum absolute atomic E-state index is 0.195. The third-order valence-corrected chi connectivity index (χ3v) is 6.69. The number of carbonyl (C=O) groups excluding carboxylic acids is 1. The van der Waals surface area contributed by atoms with Crippen molar-refractivity contribution in [2.24, 2.45) is 0 Å². The van der Waals surface area contributed by atoms with Crippen LogP contribution in [0.25, 0.3) is 11.3 Å². The summed E-state index contributed by atoms with van der Waals surface area (Å²) in [5.41, 5.74) is 5.61. The molecule has 0 fully saturated rings. The normalized spacial score (nSPS) is 10.7. The van der Waals surface area contributed by atoms with Gasteiger partial charge in [0.1, 0.15) is 12.4 Å². The lowest BCUT2D eigenvalue weighted by Crippen LogP contribution is -2.21. The molecule has 180 valence electrons. The van der Waals surface area contributed by atoms with Crippen LogP contribution < -0.4 is 9.64 Å². The molecular weight excluding hydrogens is 456 g/mol. The van der Waals surface area contributed by atoms with Crippen LogP contribution in [-0.4, -0.2) is 24.6 Å². The molecule has 1 aromatic heterocycles. The van der Waals surface area contributed by atoms with Gasteiger partial charge in [-0.15, -0.1) is 11.3 Å². The zero-order valence-corrected chi connectivity index (χ0v) is 21.0. The van der Waals surface area contributed by atoms with E-state index >= 15 is 0 Å². The van der Waals surface area contributed by atoms with Crippen LogP contribution in [0.1, 0.15) is 30.0 Å². The van der Waals surface area contributed by atoms with Crippen molar-refractivity contribution in [3.8, 4) is 17.0 Å². The molecule has 0 spiro atoms. The number of hydrogen-bond donors (Lipinski definition) is 0. The molecule has 1 heterocycles. The summed E-state index contributed by atoms with van der Waals surface area (Å²) in [6.07, 6.45) is 1.05. The summed E-state index contributed by atoms with van der Waals surface area (Å²) in [7, 11) is 1.41. The number of esters is 1. The van der Waals surface area contributed by atoms with Gasteiger partial charge >= 0.3 is 5.97 Å². The van der Waals surface area contributed by atoms with E-state index in [4.69, 9.17) is 14.5 Å². The molecule has 0 amide bonds. The Morgan fingerprint density at radius 3 is 2.29 bits per heavy atom. The lowest BCUT2D eigenvalue weighted by Gasteiger charge is -2.20. The second-order valence-corrected chi connectivity index (χ2v) is 9.06. The Balaban J connectivity index is 1.30. The second-order valence-electron chi connectivity index (χ2n) is 8.22. The summed E-state index contributed by atoms with van der Waals surface area (Å²) in [6, 6.07) is 26.7. The van der Waals surface area contributed by atoms with Crippen molar-refractivity contribution in [2.75, 3.05) is 18.6 Å². The molecule has 5 nitrogen and oxygen atoms in total. The van der Waals surface area contributed by atoms with Crippen molar-refractivity contribution >= 4 is 22.4 Å². The van der Waals surface area contributed by atoms with Gasteiger partial charge in [0.05, 0.1) is 12.8 Å².